The highest BCUT2D eigenvalue weighted by Crippen LogP contribution is 2.41. The average molecular weight is 454 g/mol. The zero-order chi connectivity index (χ0) is 22.3. The standard InChI is InChI=1S/C16H12F6N4O3S/c17-15(18,19)11-7-26(6-10(11)8-29-30(27,28)16(20,21)22)12-2-1-9(5-23)13-14(12)25-4-3-24-13/h1-4,10-11H,6-8H2/t10-,11+/m1/s1. The molecule has 3 rings (SSSR count). The summed E-state index contributed by atoms with van der Waals surface area (Å²) in [6, 6.07) is 4.59. The smallest absolute Gasteiger partial charge is 0.369 e. The number of benzene rings is 1. The molecule has 1 saturated heterocycles. The molecule has 0 bridgehead atoms. The molecular formula is C16H12F6N4O3S. The SMILES string of the molecule is N#Cc1ccc(N2C[C@H](COS(=O)(=O)C(F)(F)F)[C@@H](C(F)(F)F)C2)c2nccnc12. The van der Waals surface area contributed by atoms with E-state index in [4.69, 9.17) is 5.26 Å². The maximum absolute atomic E-state index is 13.5. The van der Waals surface area contributed by atoms with Gasteiger partial charge < -0.3 is 4.90 Å². The van der Waals surface area contributed by atoms with Crippen molar-refractivity contribution in [1.82, 2.24) is 9.97 Å². The molecule has 2 atom stereocenters. The van der Waals surface area contributed by atoms with Gasteiger partial charge in [-0.15, -0.1) is 0 Å². The van der Waals surface area contributed by atoms with Crippen LogP contribution in [0.3, 0.4) is 0 Å². The third-order valence-corrected chi connectivity index (χ3v) is 5.66. The summed E-state index contributed by atoms with van der Waals surface area (Å²) < 4.78 is 104. The number of alkyl halides is 6. The maximum atomic E-state index is 13.5. The Morgan fingerprint density at radius 1 is 1.10 bits per heavy atom. The molecule has 0 amide bonds. The van der Waals surface area contributed by atoms with Crippen LogP contribution in [0.1, 0.15) is 5.56 Å². The zero-order valence-corrected chi connectivity index (χ0v) is 15.6. The van der Waals surface area contributed by atoms with E-state index >= 15 is 0 Å². The highest BCUT2D eigenvalue weighted by atomic mass is 32.2. The summed E-state index contributed by atoms with van der Waals surface area (Å²) in [5, 5.41) is 9.15. The minimum Gasteiger partial charge on any atom is -0.369 e. The summed E-state index contributed by atoms with van der Waals surface area (Å²) in [4.78, 5) is 9.27. The van der Waals surface area contributed by atoms with Crippen molar-refractivity contribution < 1.29 is 38.9 Å². The van der Waals surface area contributed by atoms with Gasteiger partial charge in [0.2, 0.25) is 0 Å². The Kier molecular flexibility index (Phi) is 5.54. The van der Waals surface area contributed by atoms with Crippen LogP contribution in [0.4, 0.5) is 32.0 Å². The lowest BCUT2D eigenvalue weighted by molar-refractivity contribution is -0.181. The van der Waals surface area contributed by atoms with E-state index in [1.807, 2.05) is 6.07 Å². The normalized spacial score (nSPS) is 20.5. The van der Waals surface area contributed by atoms with Gasteiger partial charge >= 0.3 is 21.8 Å². The van der Waals surface area contributed by atoms with Crippen LogP contribution in [0.5, 0.6) is 0 Å². The molecule has 1 aromatic carbocycles. The van der Waals surface area contributed by atoms with Crippen molar-refractivity contribution in [3.63, 3.8) is 0 Å². The topological polar surface area (TPSA) is 96.2 Å². The van der Waals surface area contributed by atoms with Gasteiger partial charge in [-0.3, -0.25) is 14.2 Å². The van der Waals surface area contributed by atoms with Gasteiger partial charge in [0.25, 0.3) is 0 Å². The Morgan fingerprint density at radius 2 is 1.73 bits per heavy atom. The largest absolute Gasteiger partial charge is 0.523 e. The molecule has 2 heterocycles. The molecule has 14 heteroatoms. The zero-order valence-electron chi connectivity index (χ0n) is 14.8. The number of fused-ring (bicyclic) bond motifs is 1. The second-order valence-corrected chi connectivity index (χ2v) is 8.10. The summed E-state index contributed by atoms with van der Waals surface area (Å²) in [7, 11) is -6.02. The molecule has 2 aromatic rings. The average Bonchev–Trinajstić information content (AvgIpc) is 3.09. The Balaban J connectivity index is 1.93. The Morgan fingerprint density at radius 3 is 2.30 bits per heavy atom. The van der Waals surface area contributed by atoms with Crippen molar-refractivity contribution in [3.05, 3.63) is 30.1 Å². The first kappa shape index (κ1) is 22.0. The van der Waals surface area contributed by atoms with Crippen LogP contribution < -0.4 is 4.90 Å². The lowest BCUT2D eigenvalue weighted by Gasteiger charge is -2.21. The molecule has 1 aromatic heterocycles. The van der Waals surface area contributed by atoms with Crippen LogP contribution in [0.15, 0.2) is 24.5 Å². The molecule has 0 unspecified atom stereocenters. The number of aromatic nitrogens is 2. The summed E-state index contributed by atoms with van der Waals surface area (Å²) in [5.41, 5.74) is -5.11. The van der Waals surface area contributed by atoms with Crippen molar-refractivity contribution in [1.29, 1.82) is 5.26 Å². The van der Waals surface area contributed by atoms with E-state index in [1.54, 1.807) is 0 Å². The van der Waals surface area contributed by atoms with Gasteiger partial charge in [-0.1, -0.05) is 0 Å². The lowest BCUT2D eigenvalue weighted by Crippen LogP contribution is -2.34. The minimum absolute atomic E-state index is 0.141. The van der Waals surface area contributed by atoms with Crippen LogP contribution in [0.25, 0.3) is 11.0 Å². The minimum atomic E-state index is -6.02. The number of nitriles is 1. The molecule has 7 nitrogen and oxygen atoms in total. The second kappa shape index (κ2) is 7.55. The van der Waals surface area contributed by atoms with Gasteiger partial charge in [0.05, 0.1) is 23.8 Å². The van der Waals surface area contributed by atoms with E-state index in [1.165, 1.54) is 29.4 Å². The molecule has 0 radical (unpaired) electrons. The summed E-state index contributed by atoms with van der Waals surface area (Å²) in [6.07, 6.45) is -2.23. The maximum Gasteiger partial charge on any atom is 0.523 e. The van der Waals surface area contributed by atoms with Gasteiger partial charge in [0, 0.05) is 31.4 Å². The van der Waals surface area contributed by atoms with E-state index in [9.17, 15) is 34.8 Å². The van der Waals surface area contributed by atoms with Gasteiger partial charge in [-0.05, 0) is 12.1 Å². The van der Waals surface area contributed by atoms with Crippen molar-refractivity contribution >= 4 is 26.8 Å². The monoisotopic (exact) mass is 454 g/mol. The quantitative estimate of drug-likeness (QED) is 0.398. The molecule has 0 saturated carbocycles. The second-order valence-electron chi connectivity index (χ2n) is 6.50. The first-order valence-electron chi connectivity index (χ1n) is 8.26. The summed E-state index contributed by atoms with van der Waals surface area (Å²) >= 11 is 0. The van der Waals surface area contributed by atoms with Crippen molar-refractivity contribution in [2.75, 3.05) is 24.6 Å². The highest BCUT2D eigenvalue weighted by molar-refractivity contribution is 7.87. The van der Waals surface area contributed by atoms with Crippen LogP contribution in [-0.4, -0.2) is 49.8 Å². The fourth-order valence-corrected chi connectivity index (χ4v) is 3.73. The Hall–Kier alpha value is -2.66. The molecule has 0 N–H and O–H groups in total. The van der Waals surface area contributed by atoms with Crippen molar-refractivity contribution in [2.24, 2.45) is 11.8 Å². The predicted octanol–water partition coefficient (Wildman–Crippen LogP) is 2.98. The van der Waals surface area contributed by atoms with E-state index in [0.717, 1.165) is 0 Å². The van der Waals surface area contributed by atoms with Crippen molar-refractivity contribution in [3.8, 4) is 6.07 Å². The molecule has 1 aliphatic heterocycles. The number of halogens is 6. The van der Waals surface area contributed by atoms with Crippen LogP contribution >= 0.6 is 0 Å². The molecule has 1 fully saturated rings. The van der Waals surface area contributed by atoms with Gasteiger partial charge in [0.15, 0.2) is 0 Å². The van der Waals surface area contributed by atoms with E-state index < -0.39 is 53.3 Å². The Bertz CT molecular complexity index is 1100. The number of anilines is 1. The van der Waals surface area contributed by atoms with Crippen LogP contribution in [-0.2, 0) is 14.3 Å². The van der Waals surface area contributed by atoms with Gasteiger partial charge in [0.1, 0.15) is 17.1 Å². The molecule has 1 aliphatic rings. The predicted molar refractivity (Wildman–Crippen MR) is 90.4 cm³/mol. The Labute approximate surface area is 166 Å². The first-order valence-corrected chi connectivity index (χ1v) is 9.67. The third kappa shape index (κ3) is 4.12. The van der Waals surface area contributed by atoms with Gasteiger partial charge in [-0.25, -0.2) is 0 Å². The molecule has 162 valence electrons. The molecular weight excluding hydrogens is 442 g/mol. The van der Waals surface area contributed by atoms with E-state index in [2.05, 4.69) is 14.2 Å². The number of hydrogen-bond acceptors (Lipinski definition) is 7. The fraction of sp³-hybridized carbons (Fsp3) is 0.438. The number of nitrogens with zero attached hydrogens (tertiary/aromatic N) is 4. The van der Waals surface area contributed by atoms with Crippen LogP contribution in [0, 0.1) is 23.2 Å². The molecule has 0 spiro atoms. The number of hydrogen-bond donors (Lipinski definition) is 0. The van der Waals surface area contributed by atoms with Gasteiger partial charge in [-0.2, -0.15) is 40.0 Å². The summed E-state index contributed by atoms with van der Waals surface area (Å²) in [6.45, 7) is -2.38. The highest BCUT2D eigenvalue weighted by Gasteiger charge is 2.52. The van der Waals surface area contributed by atoms with Crippen LogP contribution in [0.2, 0.25) is 0 Å². The third-order valence-electron chi connectivity index (χ3n) is 4.65. The van der Waals surface area contributed by atoms with E-state index in [0.29, 0.717) is 0 Å². The lowest BCUT2D eigenvalue weighted by atomic mass is 9.97. The first-order chi connectivity index (χ1) is 13.8. The summed E-state index contributed by atoms with van der Waals surface area (Å²) in [5.74, 6) is -3.72. The van der Waals surface area contributed by atoms with E-state index in [-0.39, 0.29) is 22.3 Å². The number of rotatable bonds is 4. The molecule has 0 aliphatic carbocycles. The molecule has 30 heavy (non-hydrogen) atoms. The van der Waals surface area contributed by atoms with Crippen molar-refractivity contribution in [2.45, 2.75) is 11.7 Å². The fourth-order valence-electron chi connectivity index (χ4n) is 3.24.